The average Bonchev–Trinajstić information content (AvgIpc) is 2.71. The quantitative estimate of drug-likeness (QED) is 0.897. The summed E-state index contributed by atoms with van der Waals surface area (Å²) in [5, 5.41) is 8.06. The monoisotopic (exact) mass is 258 g/mol. The van der Waals surface area contributed by atoms with Crippen molar-refractivity contribution in [1.82, 2.24) is 14.6 Å². The lowest BCUT2D eigenvalue weighted by Crippen LogP contribution is -2.32. The van der Waals surface area contributed by atoms with E-state index in [2.05, 4.69) is 42.2 Å². The maximum atomic E-state index is 4.56. The molecular formula is C15H22N4. The van der Waals surface area contributed by atoms with Crippen LogP contribution in [0.2, 0.25) is 0 Å². The van der Waals surface area contributed by atoms with Crippen LogP contribution >= 0.6 is 0 Å². The van der Waals surface area contributed by atoms with Gasteiger partial charge in [-0.3, -0.25) is 0 Å². The van der Waals surface area contributed by atoms with Gasteiger partial charge >= 0.3 is 0 Å². The standard InChI is InChI=1S/C15H22N4/c1-11-6-4-8-13-17-14(18-19(11)13)16-12-7-5-9-15(2,3)10-12/h4,6,8,12H,5,7,9-10H2,1-3H3,(H,16,18). The Morgan fingerprint density at radius 3 is 2.95 bits per heavy atom. The molecule has 1 aliphatic carbocycles. The van der Waals surface area contributed by atoms with Gasteiger partial charge in [0, 0.05) is 11.7 Å². The summed E-state index contributed by atoms with van der Waals surface area (Å²) in [4.78, 5) is 4.56. The summed E-state index contributed by atoms with van der Waals surface area (Å²) in [6.45, 7) is 6.75. The third-order valence-corrected chi connectivity index (χ3v) is 4.09. The van der Waals surface area contributed by atoms with E-state index in [1.807, 2.05) is 16.6 Å². The van der Waals surface area contributed by atoms with Crippen LogP contribution in [-0.2, 0) is 0 Å². The van der Waals surface area contributed by atoms with Gasteiger partial charge in [-0.1, -0.05) is 26.3 Å². The number of nitrogens with one attached hydrogen (secondary N) is 1. The van der Waals surface area contributed by atoms with Gasteiger partial charge in [-0.15, -0.1) is 5.10 Å². The summed E-state index contributed by atoms with van der Waals surface area (Å²) in [6, 6.07) is 6.57. The number of aromatic nitrogens is 3. The Kier molecular flexibility index (Phi) is 2.96. The number of rotatable bonds is 2. The minimum absolute atomic E-state index is 0.436. The zero-order chi connectivity index (χ0) is 13.5. The lowest BCUT2D eigenvalue weighted by Gasteiger charge is -2.35. The van der Waals surface area contributed by atoms with Gasteiger partial charge in [0.1, 0.15) is 0 Å². The van der Waals surface area contributed by atoms with E-state index in [0.29, 0.717) is 11.5 Å². The molecule has 102 valence electrons. The van der Waals surface area contributed by atoms with Crippen LogP contribution in [0.25, 0.3) is 5.65 Å². The Balaban J connectivity index is 1.80. The summed E-state index contributed by atoms with van der Waals surface area (Å²) in [5.74, 6) is 0.761. The number of hydrogen-bond acceptors (Lipinski definition) is 3. The van der Waals surface area contributed by atoms with E-state index in [-0.39, 0.29) is 0 Å². The number of anilines is 1. The molecule has 2 heterocycles. The molecule has 1 fully saturated rings. The number of hydrogen-bond donors (Lipinski definition) is 1. The zero-order valence-electron chi connectivity index (χ0n) is 12.0. The predicted octanol–water partition coefficient (Wildman–Crippen LogP) is 3.42. The number of pyridine rings is 1. The van der Waals surface area contributed by atoms with Crippen molar-refractivity contribution in [1.29, 1.82) is 0 Å². The van der Waals surface area contributed by atoms with E-state index in [4.69, 9.17) is 0 Å². The van der Waals surface area contributed by atoms with E-state index in [9.17, 15) is 0 Å². The summed E-state index contributed by atoms with van der Waals surface area (Å²) in [5.41, 5.74) is 2.46. The first kappa shape index (κ1) is 12.5. The molecule has 0 aromatic carbocycles. The Bertz CT molecular complexity index is 585. The molecule has 4 nitrogen and oxygen atoms in total. The molecular weight excluding hydrogens is 236 g/mol. The van der Waals surface area contributed by atoms with Crippen molar-refractivity contribution < 1.29 is 0 Å². The van der Waals surface area contributed by atoms with E-state index in [1.54, 1.807) is 0 Å². The third kappa shape index (κ3) is 2.57. The summed E-state index contributed by atoms with van der Waals surface area (Å²) in [6.07, 6.45) is 5.03. The lowest BCUT2D eigenvalue weighted by atomic mass is 9.75. The smallest absolute Gasteiger partial charge is 0.243 e. The molecule has 1 aliphatic rings. The highest BCUT2D eigenvalue weighted by Gasteiger charge is 2.28. The molecule has 0 radical (unpaired) electrons. The van der Waals surface area contributed by atoms with Gasteiger partial charge in [-0.2, -0.15) is 4.98 Å². The second-order valence-electron chi connectivity index (χ2n) is 6.47. The van der Waals surface area contributed by atoms with E-state index in [0.717, 1.165) is 17.3 Å². The molecule has 0 saturated heterocycles. The van der Waals surface area contributed by atoms with Gasteiger partial charge in [-0.05, 0) is 43.7 Å². The fourth-order valence-electron chi connectivity index (χ4n) is 3.10. The van der Waals surface area contributed by atoms with Crippen molar-refractivity contribution in [2.45, 2.75) is 52.5 Å². The molecule has 3 rings (SSSR count). The van der Waals surface area contributed by atoms with Crippen LogP contribution in [0.4, 0.5) is 5.95 Å². The van der Waals surface area contributed by atoms with Crippen LogP contribution in [-0.4, -0.2) is 20.6 Å². The average molecular weight is 258 g/mol. The minimum Gasteiger partial charge on any atom is -0.350 e. The predicted molar refractivity (Wildman–Crippen MR) is 77.4 cm³/mol. The fourth-order valence-corrected chi connectivity index (χ4v) is 3.10. The molecule has 2 aromatic rings. The maximum Gasteiger partial charge on any atom is 0.243 e. The molecule has 0 bridgehead atoms. The fraction of sp³-hybridized carbons (Fsp3) is 0.600. The first-order chi connectivity index (χ1) is 9.03. The first-order valence-corrected chi connectivity index (χ1v) is 7.12. The van der Waals surface area contributed by atoms with Crippen molar-refractivity contribution in [3.05, 3.63) is 23.9 Å². The third-order valence-electron chi connectivity index (χ3n) is 4.09. The van der Waals surface area contributed by atoms with Crippen LogP contribution in [0.15, 0.2) is 18.2 Å². The molecule has 0 amide bonds. The van der Waals surface area contributed by atoms with Gasteiger partial charge in [0.25, 0.3) is 0 Å². The highest BCUT2D eigenvalue weighted by Crippen LogP contribution is 2.36. The zero-order valence-corrected chi connectivity index (χ0v) is 12.0. The highest BCUT2D eigenvalue weighted by molar-refractivity contribution is 5.44. The van der Waals surface area contributed by atoms with E-state index in [1.165, 1.54) is 25.7 Å². The Hall–Kier alpha value is -1.58. The van der Waals surface area contributed by atoms with Crippen LogP contribution in [0.1, 0.15) is 45.2 Å². The van der Waals surface area contributed by atoms with Crippen LogP contribution < -0.4 is 5.32 Å². The first-order valence-electron chi connectivity index (χ1n) is 7.12. The van der Waals surface area contributed by atoms with Crippen molar-refractivity contribution in [3.63, 3.8) is 0 Å². The topological polar surface area (TPSA) is 42.2 Å². The molecule has 0 aliphatic heterocycles. The van der Waals surface area contributed by atoms with Gasteiger partial charge < -0.3 is 5.32 Å². The van der Waals surface area contributed by atoms with Gasteiger partial charge in [0.2, 0.25) is 5.95 Å². The van der Waals surface area contributed by atoms with Crippen molar-refractivity contribution >= 4 is 11.6 Å². The number of nitrogens with zero attached hydrogens (tertiary/aromatic N) is 3. The van der Waals surface area contributed by atoms with Gasteiger partial charge in [-0.25, -0.2) is 4.52 Å². The maximum absolute atomic E-state index is 4.56. The summed E-state index contributed by atoms with van der Waals surface area (Å²) in [7, 11) is 0. The molecule has 1 atom stereocenters. The Morgan fingerprint density at radius 2 is 2.21 bits per heavy atom. The number of aryl methyl sites for hydroxylation is 1. The molecule has 2 aromatic heterocycles. The van der Waals surface area contributed by atoms with Crippen molar-refractivity contribution in [2.75, 3.05) is 5.32 Å². The van der Waals surface area contributed by atoms with E-state index < -0.39 is 0 Å². The molecule has 4 heteroatoms. The minimum atomic E-state index is 0.436. The van der Waals surface area contributed by atoms with Gasteiger partial charge in [0.15, 0.2) is 5.65 Å². The second kappa shape index (κ2) is 4.51. The molecule has 1 N–H and O–H groups in total. The highest BCUT2D eigenvalue weighted by atomic mass is 15.4. The molecule has 0 spiro atoms. The lowest BCUT2D eigenvalue weighted by molar-refractivity contribution is 0.229. The van der Waals surface area contributed by atoms with Crippen molar-refractivity contribution in [2.24, 2.45) is 5.41 Å². The largest absolute Gasteiger partial charge is 0.350 e. The molecule has 1 saturated carbocycles. The normalized spacial score (nSPS) is 22.6. The van der Waals surface area contributed by atoms with E-state index >= 15 is 0 Å². The summed E-state index contributed by atoms with van der Waals surface area (Å²) >= 11 is 0. The van der Waals surface area contributed by atoms with Crippen LogP contribution in [0, 0.1) is 12.3 Å². The Morgan fingerprint density at radius 1 is 1.37 bits per heavy atom. The molecule has 1 unspecified atom stereocenters. The summed E-state index contributed by atoms with van der Waals surface area (Å²) < 4.78 is 1.90. The van der Waals surface area contributed by atoms with Crippen molar-refractivity contribution in [3.8, 4) is 0 Å². The van der Waals surface area contributed by atoms with Gasteiger partial charge in [0.05, 0.1) is 0 Å². The van der Waals surface area contributed by atoms with Crippen LogP contribution in [0.3, 0.4) is 0 Å². The second-order valence-corrected chi connectivity index (χ2v) is 6.47. The van der Waals surface area contributed by atoms with Crippen LogP contribution in [0.5, 0.6) is 0 Å². The molecule has 19 heavy (non-hydrogen) atoms. The SMILES string of the molecule is Cc1cccc2nc(NC3CCCC(C)(C)C3)nn12. The number of fused-ring (bicyclic) bond motifs is 1. The Labute approximate surface area is 114 Å².